The van der Waals surface area contributed by atoms with E-state index in [9.17, 15) is 22.4 Å². The van der Waals surface area contributed by atoms with Gasteiger partial charge >= 0.3 is 12.1 Å². The van der Waals surface area contributed by atoms with E-state index in [0.717, 1.165) is 6.07 Å². The third-order valence-corrected chi connectivity index (χ3v) is 1.65. The van der Waals surface area contributed by atoms with E-state index < -0.39 is 24.4 Å². The van der Waals surface area contributed by atoms with Crippen LogP contribution in [0.4, 0.5) is 17.6 Å². The topological polar surface area (TPSA) is 29.1 Å². The van der Waals surface area contributed by atoms with Gasteiger partial charge in [0.15, 0.2) is 0 Å². The average molecular weight is 221 g/mol. The summed E-state index contributed by atoms with van der Waals surface area (Å²) in [4.78, 5) is 10.4. The number of halogens is 4. The molecule has 0 aliphatic carbocycles. The number of nitrogens with one attached hydrogen (secondary N) is 1. The predicted molar refractivity (Wildman–Crippen MR) is 44.3 cm³/mol. The highest BCUT2D eigenvalue weighted by Crippen LogP contribution is 2.14. The van der Waals surface area contributed by atoms with Crippen LogP contribution >= 0.6 is 0 Å². The molecule has 0 aromatic heterocycles. The van der Waals surface area contributed by atoms with E-state index in [1.807, 2.05) is 0 Å². The summed E-state index contributed by atoms with van der Waals surface area (Å²) in [5, 5.41) is 1.58. The summed E-state index contributed by atoms with van der Waals surface area (Å²) in [7, 11) is 0. The van der Waals surface area contributed by atoms with Crippen molar-refractivity contribution in [3.05, 3.63) is 35.6 Å². The minimum absolute atomic E-state index is 0.00935. The molecule has 0 atom stereocenters. The van der Waals surface area contributed by atoms with Gasteiger partial charge in [0, 0.05) is 12.1 Å². The Balaban J connectivity index is 2.59. The summed E-state index contributed by atoms with van der Waals surface area (Å²) in [6.07, 6.45) is -4.94. The van der Waals surface area contributed by atoms with E-state index in [4.69, 9.17) is 0 Å². The van der Waals surface area contributed by atoms with Gasteiger partial charge in [-0.25, -0.2) is 4.39 Å². The Kier molecular flexibility index (Phi) is 3.28. The molecule has 0 aliphatic rings. The molecule has 1 aromatic carbocycles. The number of hydrogen-bond donors (Lipinski definition) is 1. The van der Waals surface area contributed by atoms with Crippen LogP contribution in [-0.2, 0) is 11.3 Å². The maximum absolute atomic E-state index is 12.9. The Morgan fingerprint density at radius 2 is 1.87 bits per heavy atom. The molecule has 0 spiro atoms. The molecule has 0 aliphatic heterocycles. The molecule has 0 fully saturated rings. The zero-order valence-electron chi connectivity index (χ0n) is 7.44. The van der Waals surface area contributed by atoms with Crippen LogP contribution in [0, 0.1) is 5.82 Å². The highest BCUT2D eigenvalue weighted by Gasteiger charge is 2.38. The molecule has 1 amide bonds. The zero-order valence-corrected chi connectivity index (χ0v) is 7.44. The van der Waals surface area contributed by atoms with E-state index >= 15 is 0 Å². The molecule has 82 valence electrons. The lowest BCUT2D eigenvalue weighted by Crippen LogP contribution is -2.36. The first kappa shape index (κ1) is 11.5. The van der Waals surface area contributed by atoms with Gasteiger partial charge in [-0.3, -0.25) is 4.79 Å². The van der Waals surface area contributed by atoms with Gasteiger partial charge < -0.3 is 5.32 Å². The molecule has 1 aromatic rings. The molecule has 0 unspecified atom stereocenters. The molecule has 0 bridgehead atoms. The molecular formula is C9H7F4NO. The van der Waals surface area contributed by atoms with Crippen LogP contribution in [0.2, 0.25) is 0 Å². The predicted octanol–water partition coefficient (Wildman–Crippen LogP) is 2.00. The second-order valence-electron chi connectivity index (χ2n) is 2.77. The highest BCUT2D eigenvalue weighted by atomic mass is 19.4. The lowest BCUT2D eigenvalue weighted by Gasteiger charge is -2.08. The van der Waals surface area contributed by atoms with Crippen molar-refractivity contribution in [2.45, 2.75) is 12.7 Å². The molecule has 15 heavy (non-hydrogen) atoms. The number of amides is 1. The summed E-state index contributed by atoms with van der Waals surface area (Å²) >= 11 is 0. The number of hydrogen-bond acceptors (Lipinski definition) is 1. The Hall–Kier alpha value is -1.59. The fourth-order valence-electron chi connectivity index (χ4n) is 0.917. The van der Waals surface area contributed by atoms with E-state index in [1.54, 1.807) is 5.32 Å². The van der Waals surface area contributed by atoms with Gasteiger partial charge in [0.25, 0.3) is 0 Å². The second-order valence-corrected chi connectivity index (χ2v) is 2.77. The van der Waals surface area contributed by atoms with Gasteiger partial charge in [0.1, 0.15) is 5.82 Å². The molecule has 0 saturated heterocycles. The molecule has 0 heterocycles. The van der Waals surface area contributed by atoms with E-state index in [2.05, 4.69) is 0 Å². The van der Waals surface area contributed by atoms with E-state index in [1.165, 1.54) is 18.2 Å². The second kappa shape index (κ2) is 4.29. The zero-order chi connectivity index (χ0) is 11.5. The van der Waals surface area contributed by atoms with Crippen LogP contribution in [0.5, 0.6) is 0 Å². The van der Waals surface area contributed by atoms with Crippen molar-refractivity contribution in [2.24, 2.45) is 0 Å². The standard InChI is InChI=1S/C9H7F4NO/c10-7-4-2-1-3-6(7)5-14-8(15)9(11,12)13/h1-4H,5H2,(H,14,15). The monoisotopic (exact) mass is 221 g/mol. The van der Waals surface area contributed by atoms with Crippen LogP contribution in [0.15, 0.2) is 24.3 Å². The molecule has 1 N–H and O–H groups in total. The van der Waals surface area contributed by atoms with E-state index in [0.29, 0.717) is 0 Å². The number of carbonyl (C=O) groups is 1. The molecule has 2 nitrogen and oxygen atoms in total. The highest BCUT2D eigenvalue weighted by molar-refractivity contribution is 5.81. The average Bonchev–Trinajstić information content (AvgIpc) is 2.14. The smallest absolute Gasteiger partial charge is 0.344 e. The van der Waals surface area contributed by atoms with Gasteiger partial charge in [0.2, 0.25) is 0 Å². The quantitative estimate of drug-likeness (QED) is 0.760. The van der Waals surface area contributed by atoms with Gasteiger partial charge in [-0.1, -0.05) is 18.2 Å². The van der Waals surface area contributed by atoms with Gasteiger partial charge in [-0.2, -0.15) is 13.2 Å². The Morgan fingerprint density at radius 3 is 2.40 bits per heavy atom. The van der Waals surface area contributed by atoms with E-state index in [-0.39, 0.29) is 5.56 Å². The Bertz CT molecular complexity index is 361. The number of carbonyl (C=O) groups excluding carboxylic acids is 1. The maximum Gasteiger partial charge on any atom is 0.471 e. The minimum atomic E-state index is -4.94. The largest absolute Gasteiger partial charge is 0.471 e. The first-order valence-electron chi connectivity index (χ1n) is 3.99. The summed E-state index contributed by atoms with van der Waals surface area (Å²) in [6.45, 7) is -0.481. The lowest BCUT2D eigenvalue weighted by atomic mass is 10.2. The summed E-state index contributed by atoms with van der Waals surface area (Å²) in [5.74, 6) is -2.73. The maximum atomic E-state index is 12.9. The van der Waals surface area contributed by atoms with Gasteiger partial charge in [-0.05, 0) is 6.07 Å². The van der Waals surface area contributed by atoms with Crippen LogP contribution in [0.25, 0.3) is 0 Å². The third-order valence-electron chi connectivity index (χ3n) is 1.65. The Labute approximate surface area is 82.9 Å². The van der Waals surface area contributed by atoms with Crippen molar-refractivity contribution >= 4 is 5.91 Å². The van der Waals surface area contributed by atoms with Crippen molar-refractivity contribution < 1.29 is 22.4 Å². The van der Waals surface area contributed by atoms with Gasteiger partial charge in [-0.15, -0.1) is 0 Å². The first-order valence-corrected chi connectivity index (χ1v) is 3.99. The number of rotatable bonds is 2. The fraction of sp³-hybridized carbons (Fsp3) is 0.222. The Morgan fingerprint density at radius 1 is 1.27 bits per heavy atom. The van der Waals surface area contributed by atoms with Crippen molar-refractivity contribution in [1.29, 1.82) is 0 Å². The normalized spacial score (nSPS) is 11.2. The van der Waals surface area contributed by atoms with Crippen LogP contribution < -0.4 is 5.32 Å². The molecule has 6 heteroatoms. The summed E-state index contributed by atoms with van der Waals surface area (Å²) in [6, 6.07) is 5.28. The SMILES string of the molecule is O=C(NCc1ccccc1F)C(F)(F)F. The van der Waals surface area contributed by atoms with Crippen LogP contribution in [0.1, 0.15) is 5.56 Å². The minimum Gasteiger partial charge on any atom is -0.344 e. The number of alkyl halides is 3. The summed E-state index contributed by atoms with van der Waals surface area (Å²) < 4.78 is 48.1. The van der Waals surface area contributed by atoms with Crippen molar-refractivity contribution in [3.63, 3.8) is 0 Å². The van der Waals surface area contributed by atoms with Crippen LogP contribution in [0.3, 0.4) is 0 Å². The van der Waals surface area contributed by atoms with Gasteiger partial charge in [0.05, 0.1) is 0 Å². The molecule has 1 rings (SSSR count). The summed E-state index contributed by atoms with van der Waals surface area (Å²) in [5.41, 5.74) is 0.00935. The molecule has 0 saturated carbocycles. The van der Waals surface area contributed by atoms with Crippen molar-refractivity contribution in [2.75, 3.05) is 0 Å². The molecular weight excluding hydrogens is 214 g/mol. The first-order chi connectivity index (χ1) is 6.91. The molecule has 0 radical (unpaired) electrons. The third kappa shape index (κ3) is 3.23. The van der Waals surface area contributed by atoms with Crippen LogP contribution in [-0.4, -0.2) is 12.1 Å². The lowest BCUT2D eigenvalue weighted by molar-refractivity contribution is -0.173. The van der Waals surface area contributed by atoms with Crippen molar-refractivity contribution in [3.8, 4) is 0 Å². The van der Waals surface area contributed by atoms with Crippen molar-refractivity contribution in [1.82, 2.24) is 5.32 Å². The fourth-order valence-corrected chi connectivity index (χ4v) is 0.917. The number of benzene rings is 1.